The standard InChI is InChI=1S/C13H24N2O4S/c16-20(17,12-3-4-12)14-11-2-1-6-15(10-11)7-5-13-18-8-9-19-13/h11-14H,1-10H2. The Bertz CT molecular complexity index is 418. The van der Waals surface area contributed by atoms with Gasteiger partial charge in [0, 0.05) is 25.6 Å². The Kier molecular flexibility index (Phi) is 4.62. The maximum atomic E-state index is 12.0. The molecule has 2 heterocycles. The summed E-state index contributed by atoms with van der Waals surface area (Å²) < 4.78 is 37.7. The Morgan fingerprint density at radius 3 is 2.60 bits per heavy atom. The monoisotopic (exact) mass is 304 g/mol. The lowest BCUT2D eigenvalue weighted by atomic mass is 10.1. The van der Waals surface area contributed by atoms with Crippen molar-refractivity contribution in [3.05, 3.63) is 0 Å². The number of piperidine rings is 1. The van der Waals surface area contributed by atoms with E-state index in [9.17, 15) is 8.42 Å². The zero-order valence-electron chi connectivity index (χ0n) is 11.8. The van der Waals surface area contributed by atoms with Crippen LogP contribution in [0.25, 0.3) is 0 Å². The van der Waals surface area contributed by atoms with Gasteiger partial charge in [0.05, 0.1) is 18.5 Å². The van der Waals surface area contributed by atoms with E-state index in [4.69, 9.17) is 9.47 Å². The van der Waals surface area contributed by atoms with Gasteiger partial charge in [-0.25, -0.2) is 13.1 Å². The van der Waals surface area contributed by atoms with Crippen LogP contribution >= 0.6 is 0 Å². The molecule has 0 bridgehead atoms. The molecule has 1 unspecified atom stereocenters. The molecule has 1 atom stereocenters. The molecule has 1 N–H and O–H groups in total. The van der Waals surface area contributed by atoms with Crippen LogP contribution in [0.4, 0.5) is 0 Å². The van der Waals surface area contributed by atoms with Crippen LogP contribution in [0.5, 0.6) is 0 Å². The maximum Gasteiger partial charge on any atom is 0.214 e. The molecule has 7 heteroatoms. The number of hydrogen-bond acceptors (Lipinski definition) is 5. The van der Waals surface area contributed by atoms with Gasteiger partial charge in [0.2, 0.25) is 10.0 Å². The van der Waals surface area contributed by atoms with Crippen molar-refractivity contribution in [1.82, 2.24) is 9.62 Å². The van der Waals surface area contributed by atoms with Gasteiger partial charge in [-0.1, -0.05) is 0 Å². The Balaban J connectivity index is 1.43. The second-order valence-electron chi connectivity index (χ2n) is 5.96. The SMILES string of the molecule is O=S(=O)(NC1CCCN(CCC2OCCO2)C1)C1CC1. The van der Waals surface area contributed by atoms with E-state index in [0.717, 1.165) is 51.7 Å². The fourth-order valence-corrected chi connectivity index (χ4v) is 4.53. The van der Waals surface area contributed by atoms with Crippen LogP contribution in [0.1, 0.15) is 32.1 Å². The van der Waals surface area contributed by atoms with E-state index in [-0.39, 0.29) is 17.6 Å². The third-order valence-electron chi connectivity index (χ3n) is 4.17. The first-order valence-corrected chi connectivity index (χ1v) is 9.15. The van der Waals surface area contributed by atoms with Gasteiger partial charge in [-0.3, -0.25) is 0 Å². The minimum Gasteiger partial charge on any atom is -0.350 e. The molecule has 1 saturated carbocycles. The quantitative estimate of drug-likeness (QED) is 0.764. The second kappa shape index (κ2) is 6.27. The Labute approximate surface area is 120 Å². The molecule has 3 fully saturated rings. The molecular weight excluding hydrogens is 280 g/mol. The molecule has 0 aromatic carbocycles. The molecule has 20 heavy (non-hydrogen) atoms. The van der Waals surface area contributed by atoms with Crippen molar-refractivity contribution in [2.75, 3.05) is 32.8 Å². The zero-order chi connectivity index (χ0) is 14.0. The van der Waals surface area contributed by atoms with Gasteiger partial charge < -0.3 is 14.4 Å². The lowest BCUT2D eigenvalue weighted by molar-refractivity contribution is -0.0525. The van der Waals surface area contributed by atoms with E-state index in [1.54, 1.807) is 0 Å². The van der Waals surface area contributed by atoms with Gasteiger partial charge in [-0.2, -0.15) is 0 Å². The van der Waals surface area contributed by atoms with Crippen LogP contribution in [-0.4, -0.2) is 63.7 Å². The van der Waals surface area contributed by atoms with Crippen molar-refractivity contribution >= 4 is 10.0 Å². The number of nitrogens with zero attached hydrogens (tertiary/aromatic N) is 1. The van der Waals surface area contributed by atoms with Gasteiger partial charge in [0.25, 0.3) is 0 Å². The molecule has 2 aliphatic heterocycles. The topological polar surface area (TPSA) is 67.9 Å². The maximum absolute atomic E-state index is 12.0. The summed E-state index contributed by atoms with van der Waals surface area (Å²) in [6.45, 7) is 4.13. The van der Waals surface area contributed by atoms with Gasteiger partial charge in [-0.05, 0) is 32.2 Å². The highest BCUT2D eigenvalue weighted by Gasteiger charge is 2.37. The minimum atomic E-state index is -3.07. The van der Waals surface area contributed by atoms with E-state index in [1.165, 1.54) is 0 Å². The molecule has 6 nitrogen and oxygen atoms in total. The van der Waals surface area contributed by atoms with Crippen molar-refractivity contribution in [3.8, 4) is 0 Å². The summed E-state index contributed by atoms with van der Waals surface area (Å²) in [4.78, 5) is 2.31. The molecule has 0 radical (unpaired) electrons. The molecule has 3 aliphatic rings. The van der Waals surface area contributed by atoms with Crippen LogP contribution in [0.3, 0.4) is 0 Å². The number of rotatable bonds is 6. The molecule has 0 aromatic heterocycles. The van der Waals surface area contributed by atoms with Crippen molar-refractivity contribution in [2.24, 2.45) is 0 Å². The minimum absolute atomic E-state index is 0.0692. The van der Waals surface area contributed by atoms with Gasteiger partial charge >= 0.3 is 0 Å². The molecule has 0 amide bonds. The van der Waals surface area contributed by atoms with Crippen molar-refractivity contribution in [2.45, 2.75) is 49.7 Å². The summed E-state index contributed by atoms with van der Waals surface area (Å²) in [7, 11) is -3.07. The molecular formula is C13H24N2O4S. The molecule has 3 rings (SSSR count). The zero-order valence-corrected chi connectivity index (χ0v) is 12.6. The largest absolute Gasteiger partial charge is 0.350 e. The van der Waals surface area contributed by atoms with E-state index >= 15 is 0 Å². The predicted octanol–water partition coefficient (Wildman–Crippen LogP) is 0.296. The fourth-order valence-electron chi connectivity index (χ4n) is 2.92. The highest BCUT2D eigenvalue weighted by atomic mass is 32.2. The first kappa shape index (κ1) is 14.7. The normalized spacial score (nSPS) is 29.9. The number of likely N-dealkylation sites (tertiary alicyclic amines) is 1. The number of ether oxygens (including phenoxy) is 2. The second-order valence-corrected chi connectivity index (χ2v) is 7.95. The van der Waals surface area contributed by atoms with E-state index in [1.807, 2.05) is 0 Å². The Hall–Kier alpha value is -0.210. The lowest BCUT2D eigenvalue weighted by Gasteiger charge is -2.33. The van der Waals surface area contributed by atoms with Crippen molar-refractivity contribution in [1.29, 1.82) is 0 Å². The Morgan fingerprint density at radius 1 is 1.15 bits per heavy atom. The van der Waals surface area contributed by atoms with E-state index in [2.05, 4.69) is 9.62 Å². The summed E-state index contributed by atoms with van der Waals surface area (Å²) >= 11 is 0. The average molecular weight is 304 g/mol. The molecule has 0 spiro atoms. The molecule has 0 aromatic rings. The number of sulfonamides is 1. The predicted molar refractivity (Wildman–Crippen MR) is 74.8 cm³/mol. The van der Waals surface area contributed by atoms with Crippen molar-refractivity contribution in [3.63, 3.8) is 0 Å². The summed E-state index contributed by atoms with van der Waals surface area (Å²) in [6, 6.07) is 0.0692. The first-order valence-electron chi connectivity index (χ1n) is 7.60. The highest BCUT2D eigenvalue weighted by Crippen LogP contribution is 2.28. The van der Waals surface area contributed by atoms with Gasteiger partial charge in [0.1, 0.15) is 0 Å². The van der Waals surface area contributed by atoms with Crippen molar-refractivity contribution < 1.29 is 17.9 Å². The van der Waals surface area contributed by atoms with Gasteiger partial charge in [-0.15, -0.1) is 0 Å². The fraction of sp³-hybridized carbons (Fsp3) is 1.00. The summed E-state index contributed by atoms with van der Waals surface area (Å²) in [5, 5.41) is -0.127. The smallest absolute Gasteiger partial charge is 0.214 e. The summed E-state index contributed by atoms with van der Waals surface area (Å²) in [6.07, 6.45) is 4.42. The van der Waals surface area contributed by atoms with Crippen LogP contribution in [0, 0.1) is 0 Å². The highest BCUT2D eigenvalue weighted by molar-refractivity contribution is 7.90. The average Bonchev–Trinajstić information content (AvgIpc) is 3.16. The Morgan fingerprint density at radius 2 is 1.90 bits per heavy atom. The molecule has 2 saturated heterocycles. The van der Waals surface area contributed by atoms with Crippen LogP contribution in [0.15, 0.2) is 0 Å². The van der Waals surface area contributed by atoms with Gasteiger partial charge in [0.15, 0.2) is 6.29 Å². The summed E-state index contributed by atoms with van der Waals surface area (Å²) in [5.41, 5.74) is 0. The first-order chi connectivity index (χ1) is 9.63. The van der Waals surface area contributed by atoms with E-state index in [0.29, 0.717) is 13.2 Å². The number of nitrogens with one attached hydrogen (secondary N) is 1. The third kappa shape index (κ3) is 3.92. The van der Waals surface area contributed by atoms with Crippen LogP contribution in [0.2, 0.25) is 0 Å². The third-order valence-corrected chi connectivity index (χ3v) is 6.18. The lowest BCUT2D eigenvalue weighted by Crippen LogP contribution is -2.48. The number of hydrogen-bond donors (Lipinski definition) is 1. The van der Waals surface area contributed by atoms with Crippen LogP contribution < -0.4 is 4.72 Å². The van der Waals surface area contributed by atoms with E-state index < -0.39 is 10.0 Å². The molecule has 1 aliphatic carbocycles. The van der Waals surface area contributed by atoms with Crippen LogP contribution in [-0.2, 0) is 19.5 Å². The molecule has 116 valence electrons. The summed E-state index contributed by atoms with van der Waals surface area (Å²) in [5.74, 6) is 0.